The van der Waals surface area contributed by atoms with Gasteiger partial charge in [0.1, 0.15) is 31.0 Å². The first kappa shape index (κ1) is 37.5. The molecule has 0 radical (unpaired) electrons. The predicted molar refractivity (Wildman–Crippen MR) is 170 cm³/mol. The van der Waals surface area contributed by atoms with E-state index in [1.807, 2.05) is 31.2 Å². The van der Waals surface area contributed by atoms with Crippen molar-refractivity contribution in [2.24, 2.45) is 11.1 Å². The number of carbonyl (C=O) groups is 4. The molecular formula is C31H48N8O8. The number of carbonyl (C=O) groups excluding carboxylic acids is 4. The van der Waals surface area contributed by atoms with Gasteiger partial charge in [0.25, 0.3) is 0 Å². The molecule has 3 atom stereocenters. The SMILES string of the molecule is Cc1n[nH]nc1-c1ccc(CNC(=O)[C@@H]2C[C@@H](O)CN2C(=O)[C@@H](NC(=O)COCCOCCNC(=O)COCCN)C(C)(C)C)cc1. The average molecular weight is 661 g/mol. The van der Waals surface area contributed by atoms with Gasteiger partial charge in [-0.2, -0.15) is 15.4 Å². The van der Waals surface area contributed by atoms with E-state index in [9.17, 15) is 24.3 Å². The fourth-order valence-electron chi connectivity index (χ4n) is 4.91. The second-order valence-electron chi connectivity index (χ2n) is 12.3. The third-order valence-corrected chi connectivity index (χ3v) is 7.37. The van der Waals surface area contributed by atoms with Crippen LogP contribution in [0.15, 0.2) is 24.3 Å². The standard InChI is InChI=1S/C31H48N8O8/c1-20-27(37-38-36-20)22-7-5-21(6-8-22)16-34-29(43)24-15-23(40)17-39(24)30(44)28(31(2,3)4)35-26(42)19-47-14-13-45-12-10-33-25(41)18-46-11-9-32/h5-8,23-24,28,40H,9-19,32H2,1-4H3,(H,33,41)(H,34,43)(H,35,42)(H,36,37,38)/t23-,24+,28-/m1/s1. The number of nitrogens with zero attached hydrogens (tertiary/aromatic N) is 3. The number of likely N-dealkylation sites (tertiary alicyclic amines) is 1. The lowest BCUT2D eigenvalue weighted by Crippen LogP contribution is -2.58. The first-order chi connectivity index (χ1) is 22.4. The molecule has 2 aromatic rings. The Labute approximate surface area is 274 Å². The maximum Gasteiger partial charge on any atom is 0.246 e. The quantitative estimate of drug-likeness (QED) is 0.107. The minimum absolute atomic E-state index is 0.0276. The molecule has 16 heteroatoms. The van der Waals surface area contributed by atoms with Gasteiger partial charge in [-0.1, -0.05) is 45.0 Å². The van der Waals surface area contributed by atoms with Gasteiger partial charge in [-0.05, 0) is 17.9 Å². The minimum atomic E-state index is -0.972. The molecule has 0 aliphatic carbocycles. The van der Waals surface area contributed by atoms with Crippen molar-refractivity contribution < 1.29 is 38.5 Å². The summed E-state index contributed by atoms with van der Waals surface area (Å²) >= 11 is 0. The molecule has 0 saturated carbocycles. The van der Waals surface area contributed by atoms with E-state index in [-0.39, 0.29) is 58.5 Å². The monoisotopic (exact) mass is 660 g/mol. The Morgan fingerprint density at radius 2 is 1.68 bits per heavy atom. The molecular weight excluding hydrogens is 612 g/mol. The van der Waals surface area contributed by atoms with Crippen molar-refractivity contribution in [2.45, 2.75) is 58.8 Å². The van der Waals surface area contributed by atoms with Crippen LogP contribution in [0.2, 0.25) is 0 Å². The van der Waals surface area contributed by atoms with Crippen molar-refractivity contribution in [3.8, 4) is 11.3 Å². The van der Waals surface area contributed by atoms with Crippen molar-refractivity contribution in [3.63, 3.8) is 0 Å². The Morgan fingerprint density at radius 1 is 1.00 bits per heavy atom. The molecule has 1 aromatic carbocycles. The molecule has 16 nitrogen and oxygen atoms in total. The molecule has 1 fully saturated rings. The largest absolute Gasteiger partial charge is 0.391 e. The van der Waals surface area contributed by atoms with E-state index in [4.69, 9.17) is 19.9 Å². The number of β-amino-alcohol motifs (C(OH)–C–C–N with tert-alkyl or cyclic N) is 1. The zero-order valence-corrected chi connectivity index (χ0v) is 27.5. The van der Waals surface area contributed by atoms with Crippen LogP contribution in [0.1, 0.15) is 38.4 Å². The molecule has 260 valence electrons. The summed E-state index contributed by atoms with van der Waals surface area (Å²) in [6.07, 6.45) is -0.793. The molecule has 0 spiro atoms. The fraction of sp³-hybridized carbons (Fsp3) is 0.613. The second kappa shape index (κ2) is 18.4. The van der Waals surface area contributed by atoms with Gasteiger partial charge < -0.3 is 45.9 Å². The highest BCUT2D eigenvalue weighted by Gasteiger charge is 2.44. The zero-order chi connectivity index (χ0) is 34.4. The third kappa shape index (κ3) is 12.0. The lowest BCUT2D eigenvalue weighted by Gasteiger charge is -2.35. The van der Waals surface area contributed by atoms with E-state index >= 15 is 0 Å². The minimum Gasteiger partial charge on any atom is -0.391 e. The van der Waals surface area contributed by atoms with Crippen molar-refractivity contribution in [1.82, 2.24) is 36.3 Å². The fourth-order valence-corrected chi connectivity index (χ4v) is 4.91. The van der Waals surface area contributed by atoms with Crippen LogP contribution in [0.25, 0.3) is 11.3 Å². The number of aliphatic hydroxyl groups excluding tert-OH is 1. The molecule has 0 unspecified atom stereocenters. The number of hydrogen-bond acceptors (Lipinski definition) is 11. The molecule has 3 rings (SSSR count). The van der Waals surface area contributed by atoms with Crippen molar-refractivity contribution in [3.05, 3.63) is 35.5 Å². The van der Waals surface area contributed by atoms with E-state index in [1.165, 1.54) is 4.90 Å². The number of H-pyrrole nitrogens is 1. The van der Waals surface area contributed by atoms with Crippen molar-refractivity contribution >= 4 is 23.6 Å². The van der Waals surface area contributed by atoms with E-state index in [0.717, 1.165) is 22.5 Å². The summed E-state index contributed by atoms with van der Waals surface area (Å²) < 4.78 is 15.8. The summed E-state index contributed by atoms with van der Waals surface area (Å²) in [6.45, 7) is 8.61. The first-order valence-electron chi connectivity index (χ1n) is 15.6. The van der Waals surface area contributed by atoms with Crippen LogP contribution in [-0.2, 0) is 39.9 Å². The zero-order valence-electron chi connectivity index (χ0n) is 27.5. The van der Waals surface area contributed by atoms with Crippen LogP contribution in [-0.4, -0.2) is 127 Å². The highest BCUT2D eigenvalue weighted by Crippen LogP contribution is 2.26. The number of amides is 4. The molecule has 0 bridgehead atoms. The maximum atomic E-state index is 13.7. The van der Waals surface area contributed by atoms with Gasteiger partial charge in [0, 0.05) is 38.2 Å². The summed E-state index contributed by atoms with van der Waals surface area (Å²) in [4.78, 5) is 52.6. The topological polar surface area (TPSA) is 223 Å². The molecule has 2 heterocycles. The highest BCUT2D eigenvalue weighted by atomic mass is 16.5. The van der Waals surface area contributed by atoms with Gasteiger partial charge in [0.2, 0.25) is 23.6 Å². The molecule has 4 amide bonds. The molecule has 1 aliphatic heterocycles. The van der Waals surface area contributed by atoms with Gasteiger partial charge in [-0.15, -0.1) is 0 Å². The number of aliphatic hydroxyl groups is 1. The van der Waals surface area contributed by atoms with E-state index in [0.29, 0.717) is 19.7 Å². The maximum absolute atomic E-state index is 13.7. The van der Waals surface area contributed by atoms with Gasteiger partial charge in [-0.25, -0.2) is 0 Å². The van der Waals surface area contributed by atoms with Crippen LogP contribution in [0.3, 0.4) is 0 Å². The smallest absolute Gasteiger partial charge is 0.246 e. The molecule has 1 aliphatic rings. The summed E-state index contributed by atoms with van der Waals surface area (Å²) in [6, 6.07) is 5.66. The third-order valence-electron chi connectivity index (χ3n) is 7.37. The number of rotatable bonds is 18. The Bertz CT molecular complexity index is 1310. The van der Waals surface area contributed by atoms with Gasteiger partial charge in [-0.3, -0.25) is 19.2 Å². The second-order valence-corrected chi connectivity index (χ2v) is 12.3. The Hall–Kier alpha value is -3.96. The van der Waals surface area contributed by atoms with Crippen LogP contribution < -0.4 is 21.7 Å². The summed E-state index contributed by atoms with van der Waals surface area (Å²) in [7, 11) is 0. The Balaban J connectivity index is 1.45. The van der Waals surface area contributed by atoms with Crippen molar-refractivity contribution in [2.75, 3.05) is 59.3 Å². The predicted octanol–water partition coefficient (Wildman–Crippen LogP) is -0.986. The lowest BCUT2D eigenvalue weighted by atomic mass is 9.85. The summed E-state index contributed by atoms with van der Waals surface area (Å²) in [5.41, 5.74) is 7.86. The van der Waals surface area contributed by atoms with Gasteiger partial charge in [0.05, 0.1) is 38.2 Å². The van der Waals surface area contributed by atoms with Crippen LogP contribution in [0, 0.1) is 12.3 Å². The number of nitrogens with one attached hydrogen (secondary N) is 4. The number of aromatic amines is 1. The normalized spacial score (nSPS) is 16.9. The van der Waals surface area contributed by atoms with E-state index < -0.39 is 41.3 Å². The average Bonchev–Trinajstić information content (AvgIpc) is 3.64. The van der Waals surface area contributed by atoms with E-state index in [2.05, 4.69) is 31.4 Å². The number of benzene rings is 1. The first-order valence-corrected chi connectivity index (χ1v) is 15.6. The van der Waals surface area contributed by atoms with Crippen LogP contribution in [0.5, 0.6) is 0 Å². The molecule has 1 aromatic heterocycles. The summed E-state index contributed by atoms with van der Waals surface area (Å²) in [5.74, 6) is -1.63. The Morgan fingerprint density at radius 3 is 2.34 bits per heavy atom. The number of ether oxygens (including phenoxy) is 3. The lowest BCUT2D eigenvalue weighted by molar-refractivity contribution is -0.144. The number of nitrogens with two attached hydrogens (primary N) is 1. The van der Waals surface area contributed by atoms with Crippen LogP contribution in [0.4, 0.5) is 0 Å². The van der Waals surface area contributed by atoms with Crippen molar-refractivity contribution in [1.29, 1.82) is 0 Å². The summed E-state index contributed by atoms with van der Waals surface area (Å²) in [5, 5.41) is 29.4. The van der Waals surface area contributed by atoms with E-state index in [1.54, 1.807) is 20.8 Å². The molecule has 47 heavy (non-hydrogen) atoms. The highest BCUT2D eigenvalue weighted by molar-refractivity contribution is 5.93. The van der Waals surface area contributed by atoms with Gasteiger partial charge in [0.15, 0.2) is 0 Å². The number of aryl methyl sites for hydroxylation is 1. The van der Waals surface area contributed by atoms with Gasteiger partial charge >= 0.3 is 0 Å². The number of hydrogen-bond donors (Lipinski definition) is 6. The molecule has 1 saturated heterocycles. The molecule has 7 N–H and O–H groups in total. The van der Waals surface area contributed by atoms with Crippen LogP contribution >= 0.6 is 0 Å². The number of aromatic nitrogens is 3. The Kier molecular flexibility index (Phi) is 14.7.